The van der Waals surface area contributed by atoms with E-state index in [1.54, 1.807) is 12.1 Å². The Morgan fingerprint density at radius 1 is 1.40 bits per heavy atom. The van der Waals surface area contributed by atoms with Gasteiger partial charge in [0, 0.05) is 11.6 Å². The number of fused-ring (bicyclic) bond motifs is 1. The fraction of sp³-hybridized carbons (Fsp3) is 0. The molecule has 48 valence electrons. The molecule has 2 radical (unpaired) electrons. The van der Waals surface area contributed by atoms with Crippen molar-refractivity contribution in [3.8, 4) is 5.75 Å². The van der Waals surface area contributed by atoms with E-state index in [1.165, 1.54) is 6.26 Å². The maximum Gasteiger partial charge on any atom is 0.193 e. The van der Waals surface area contributed by atoms with Crippen LogP contribution in [0.4, 0.5) is 0 Å². The highest BCUT2D eigenvalue weighted by Crippen LogP contribution is 2.21. The summed E-state index contributed by atoms with van der Waals surface area (Å²) in [6.07, 6.45) is 3.27. The summed E-state index contributed by atoms with van der Waals surface area (Å²) in [5.41, 5.74) is 0.939. The van der Waals surface area contributed by atoms with Gasteiger partial charge in [0.15, 0.2) is 5.75 Å². The maximum absolute atomic E-state index is 4.76. The summed E-state index contributed by atoms with van der Waals surface area (Å²) in [5, 5.41) is 0. The largest absolute Gasteiger partial charge is 0.298 e. The van der Waals surface area contributed by atoms with E-state index in [-0.39, 0.29) is 0 Å². The van der Waals surface area contributed by atoms with Crippen molar-refractivity contribution < 1.29 is 9.78 Å². The molecule has 0 bridgehead atoms. The van der Waals surface area contributed by atoms with E-state index in [9.17, 15) is 0 Å². The second-order valence-corrected chi connectivity index (χ2v) is 1.87. The fourth-order valence-electron chi connectivity index (χ4n) is 0.760. The third kappa shape index (κ3) is 0.739. The molecule has 10 heavy (non-hydrogen) atoms. The van der Waals surface area contributed by atoms with E-state index in [4.69, 9.17) is 4.89 Å². The predicted molar refractivity (Wildman–Crippen MR) is 34.9 cm³/mol. The highest BCUT2D eigenvalue weighted by molar-refractivity contribution is 5.56. The minimum absolute atomic E-state index is 0.612. The van der Waals surface area contributed by atoms with Gasteiger partial charge in [-0.05, 0) is 24.3 Å². The van der Waals surface area contributed by atoms with Gasteiger partial charge in [0.05, 0.1) is 0 Å². The monoisotopic (exact) mass is 132 g/mol. The van der Waals surface area contributed by atoms with Crippen LogP contribution < -0.4 is 4.89 Å². The fourth-order valence-corrected chi connectivity index (χ4v) is 0.760. The second kappa shape index (κ2) is 2.06. The summed E-state index contributed by atoms with van der Waals surface area (Å²) in [5.74, 6) is 0.612. The first-order chi connectivity index (χ1) is 4.97. The molecule has 2 nitrogen and oxygen atoms in total. The molecule has 0 amide bonds. The Labute approximate surface area is 58.6 Å². The van der Waals surface area contributed by atoms with Crippen LogP contribution in [0.2, 0.25) is 0 Å². The molecule has 1 aliphatic rings. The van der Waals surface area contributed by atoms with Crippen molar-refractivity contribution in [3.05, 3.63) is 36.1 Å². The number of hydrogen-bond acceptors (Lipinski definition) is 2. The molecule has 1 aromatic rings. The summed E-state index contributed by atoms with van der Waals surface area (Å²) in [6.45, 7) is 0. The van der Waals surface area contributed by atoms with Crippen LogP contribution >= 0.6 is 0 Å². The van der Waals surface area contributed by atoms with Crippen molar-refractivity contribution in [2.45, 2.75) is 0 Å². The van der Waals surface area contributed by atoms with Gasteiger partial charge in [-0.3, -0.25) is 9.78 Å². The molecule has 0 fully saturated rings. The lowest BCUT2D eigenvalue weighted by molar-refractivity contribution is -0.151. The van der Waals surface area contributed by atoms with Crippen molar-refractivity contribution in [3.63, 3.8) is 0 Å². The molecule has 1 aromatic carbocycles. The van der Waals surface area contributed by atoms with Crippen LogP contribution in [0, 0.1) is 12.1 Å². The van der Waals surface area contributed by atoms with E-state index in [1.807, 2.05) is 6.07 Å². The molecule has 0 N–H and O–H groups in total. The number of hydrogen-bond donors (Lipinski definition) is 0. The van der Waals surface area contributed by atoms with Crippen molar-refractivity contribution in [2.24, 2.45) is 0 Å². The molecule has 2 rings (SSSR count). The van der Waals surface area contributed by atoms with Gasteiger partial charge in [-0.1, -0.05) is 0 Å². The summed E-state index contributed by atoms with van der Waals surface area (Å²) in [4.78, 5) is 9.33. The quantitative estimate of drug-likeness (QED) is 0.499. The Hall–Kier alpha value is -1.44. The Balaban J connectivity index is 2.54. The summed E-state index contributed by atoms with van der Waals surface area (Å²) >= 11 is 0. The molecule has 0 unspecified atom stereocenters. The Bertz CT molecular complexity index is 266. The third-order valence-electron chi connectivity index (χ3n) is 1.22. The minimum atomic E-state index is 0.612. The van der Waals surface area contributed by atoms with Crippen LogP contribution in [-0.4, -0.2) is 0 Å². The number of benzene rings is 1. The highest BCUT2D eigenvalue weighted by Gasteiger charge is 2.04. The smallest absolute Gasteiger partial charge is 0.193 e. The zero-order valence-corrected chi connectivity index (χ0v) is 5.13. The van der Waals surface area contributed by atoms with E-state index in [2.05, 4.69) is 17.0 Å². The second-order valence-electron chi connectivity index (χ2n) is 1.87. The minimum Gasteiger partial charge on any atom is -0.298 e. The van der Waals surface area contributed by atoms with Crippen LogP contribution in [0.1, 0.15) is 5.56 Å². The first-order valence-corrected chi connectivity index (χ1v) is 2.88. The lowest BCUT2D eigenvalue weighted by Crippen LogP contribution is -1.96. The van der Waals surface area contributed by atoms with Gasteiger partial charge in [-0.25, -0.2) is 0 Å². The molecule has 0 spiro atoms. The van der Waals surface area contributed by atoms with Gasteiger partial charge in [0.1, 0.15) is 6.26 Å². The topological polar surface area (TPSA) is 18.5 Å². The van der Waals surface area contributed by atoms with Crippen LogP contribution in [0.15, 0.2) is 18.4 Å². The Kier molecular flexibility index (Phi) is 1.10. The van der Waals surface area contributed by atoms with E-state index in [0.29, 0.717) is 5.75 Å². The predicted octanol–water partition coefficient (Wildman–Crippen LogP) is 1.58. The van der Waals surface area contributed by atoms with Gasteiger partial charge < -0.3 is 0 Å². The van der Waals surface area contributed by atoms with Gasteiger partial charge in [-0.15, -0.1) is 0 Å². The molecular formula is C8H4O2. The maximum atomic E-state index is 4.76. The Morgan fingerprint density at radius 3 is 3.30 bits per heavy atom. The average Bonchev–Trinajstić information content (AvgIpc) is 2.05. The normalized spacial score (nSPS) is 13.2. The molecule has 0 aliphatic carbocycles. The lowest BCUT2D eigenvalue weighted by atomic mass is 10.2. The summed E-state index contributed by atoms with van der Waals surface area (Å²) < 4.78 is 0. The van der Waals surface area contributed by atoms with Crippen molar-refractivity contribution in [2.75, 3.05) is 0 Å². The van der Waals surface area contributed by atoms with Crippen molar-refractivity contribution >= 4 is 6.08 Å². The Morgan fingerprint density at radius 2 is 2.40 bits per heavy atom. The molecule has 0 saturated carbocycles. The summed E-state index contributed by atoms with van der Waals surface area (Å²) in [6, 6.07) is 9.18. The average molecular weight is 132 g/mol. The zero-order chi connectivity index (χ0) is 6.81. The lowest BCUT2D eigenvalue weighted by Gasteiger charge is -2.08. The van der Waals surface area contributed by atoms with Gasteiger partial charge >= 0.3 is 0 Å². The van der Waals surface area contributed by atoms with Gasteiger partial charge in [-0.2, -0.15) is 0 Å². The molecule has 1 heterocycles. The highest BCUT2D eigenvalue weighted by atomic mass is 17.2. The molecular weight excluding hydrogens is 128 g/mol. The standard InChI is InChI=1S/C8H4O2/c1-2-4-8-7(3-1)5-6-9-10-8/h2-3,5-6H. The molecule has 0 saturated heterocycles. The van der Waals surface area contributed by atoms with Crippen LogP contribution in [0.5, 0.6) is 5.75 Å². The SMILES string of the molecule is [c]1c[c]c2c(c1)C=COO2. The van der Waals surface area contributed by atoms with E-state index in [0.717, 1.165) is 5.56 Å². The molecule has 1 aliphatic heterocycles. The molecule has 0 atom stereocenters. The first-order valence-electron chi connectivity index (χ1n) is 2.88. The van der Waals surface area contributed by atoms with Crippen LogP contribution in [0.25, 0.3) is 6.08 Å². The molecule has 2 heteroatoms. The van der Waals surface area contributed by atoms with Crippen LogP contribution in [0.3, 0.4) is 0 Å². The van der Waals surface area contributed by atoms with E-state index < -0.39 is 0 Å². The summed E-state index contributed by atoms with van der Waals surface area (Å²) in [7, 11) is 0. The number of rotatable bonds is 0. The van der Waals surface area contributed by atoms with Crippen LogP contribution in [-0.2, 0) is 4.89 Å². The van der Waals surface area contributed by atoms with Gasteiger partial charge in [0.25, 0.3) is 0 Å². The van der Waals surface area contributed by atoms with Gasteiger partial charge in [0.2, 0.25) is 0 Å². The first kappa shape index (κ1) is 5.35. The third-order valence-corrected chi connectivity index (χ3v) is 1.22. The zero-order valence-electron chi connectivity index (χ0n) is 5.13. The van der Waals surface area contributed by atoms with E-state index >= 15 is 0 Å². The molecule has 0 aromatic heterocycles. The van der Waals surface area contributed by atoms with Crippen molar-refractivity contribution in [1.29, 1.82) is 0 Å². The van der Waals surface area contributed by atoms with Crippen molar-refractivity contribution in [1.82, 2.24) is 0 Å².